The van der Waals surface area contributed by atoms with Gasteiger partial charge < -0.3 is 10.1 Å². The third-order valence-corrected chi connectivity index (χ3v) is 3.07. The van der Waals surface area contributed by atoms with Gasteiger partial charge in [0.1, 0.15) is 5.75 Å². The molecule has 1 aromatic rings. The Labute approximate surface area is 104 Å². The number of hydrogen-bond acceptors (Lipinski definition) is 2. The second kappa shape index (κ2) is 5.78. The fraction of sp³-hybridized carbons (Fsp3) is 0.400. The predicted octanol–water partition coefficient (Wildman–Crippen LogP) is 2.31. The van der Waals surface area contributed by atoms with E-state index in [1.807, 2.05) is 18.2 Å². The maximum absolute atomic E-state index is 5.69. The van der Waals surface area contributed by atoms with E-state index in [0.717, 1.165) is 25.4 Å². The van der Waals surface area contributed by atoms with Gasteiger partial charge in [-0.15, -0.1) is 12.4 Å². The minimum Gasteiger partial charge on any atom is -0.492 e. The Bertz CT molecular complexity index is 291. The SMILES string of the molecule is Cl.Ic1ccccc1OCC1CNC1. The lowest BCUT2D eigenvalue weighted by atomic mass is 10.1. The molecule has 1 aliphatic heterocycles. The zero-order valence-electron chi connectivity index (χ0n) is 7.70. The molecule has 0 spiro atoms. The molecule has 1 aliphatic rings. The van der Waals surface area contributed by atoms with E-state index in [2.05, 4.69) is 34.0 Å². The fourth-order valence-electron chi connectivity index (χ4n) is 1.24. The maximum atomic E-state index is 5.69. The third-order valence-electron chi connectivity index (χ3n) is 2.18. The topological polar surface area (TPSA) is 21.3 Å². The van der Waals surface area contributed by atoms with E-state index >= 15 is 0 Å². The van der Waals surface area contributed by atoms with E-state index in [1.54, 1.807) is 0 Å². The van der Waals surface area contributed by atoms with Crippen molar-refractivity contribution in [2.45, 2.75) is 0 Å². The molecule has 0 radical (unpaired) electrons. The Balaban J connectivity index is 0.000000980. The van der Waals surface area contributed by atoms with Crippen molar-refractivity contribution >= 4 is 35.0 Å². The highest BCUT2D eigenvalue weighted by molar-refractivity contribution is 14.1. The largest absolute Gasteiger partial charge is 0.492 e. The van der Waals surface area contributed by atoms with Crippen molar-refractivity contribution in [3.05, 3.63) is 27.8 Å². The summed E-state index contributed by atoms with van der Waals surface area (Å²) in [5.41, 5.74) is 0. The predicted molar refractivity (Wildman–Crippen MR) is 68.3 cm³/mol. The Hall–Kier alpha value is -0.0000000000000000208. The number of rotatable bonds is 3. The smallest absolute Gasteiger partial charge is 0.132 e. The molecule has 2 nitrogen and oxygen atoms in total. The lowest BCUT2D eigenvalue weighted by molar-refractivity contribution is 0.198. The molecule has 0 unspecified atom stereocenters. The summed E-state index contributed by atoms with van der Waals surface area (Å²) in [4.78, 5) is 0. The van der Waals surface area contributed by atoms with Crippen LogP contribution in [-0.4, -0.2) is 19.7 Å². The van der Waals surface area contributed by atoms with Crippen LogP contribution in [0.5, 0.6) is 5.75 Å². The van der Waals surface area contributed by atoms with Crippen molar-refractivity contribution in [1.82, 2.24) is 5.32 Å². The first kappa shape index (κ1) is 12.1. The number of benzene rings is 1. The summed E-state index contributed by atoms with van der Waals surface area (Å²) in [5, 5.41) is 3.23. The molecule has 0 bridgehead atoms. The Kier molecular flexibility index (Phi) is 4.98. The van der Waals surface area contributed by atoms with Crippen molar-refractivity contribution < 1.29 is 4.74 Å². The van der Waals surface area contributed by atoms with Crippen molar-refractivity contribution in [3.8, 4) is 5.75 Å². The zero-order valence-corrected chi connectivity index (χ0v) is 10.7. The van der Waals surface area contributed by atoms with Crippen LogP contribution in [0.15, 0.2) is 24.3 Å². The first-order valence-corrected chi connectivity index (χ1v) is 5.52. The van der Waals surface area contributed by atoms with Crippen LogP contribution >= 0.6 is 35.0 Å². The van der Waals surface area contributed by atoms with Gasteiger partial charge >= 0.3 is 0 Å². The summed E-state index contributed by atoms with van der Waals surface area (Å²) in [6.45, 7) is 3.04. The van der Waals surface area contributed by atoms with Gasteiger partial charge in [0.15, 0.2) is 0 Å². The molecule has 78 valence electrons. The molecule has 0 amide bonds. The van der Waals surface area contributed by atoms with Crippen molar-refractivity contribution in [2.24, 2.45) is 5.92 Å². The Morgan fingerprint density at radius 1 is 1.36 bits per heavy atom. The van der Waals surface area contributed by atoms with Crippen molar-refractivity contribution in [3.63, 3.8) is 0 Å². The molecule has 2 rings (SSSR count). The van der Waals surface area contributed by atoms with E-state index in [1.165, 1.54) is 3.57 Å². The molecule has 1 saturated heterocycles. The average Bonchev–Trinajstić information content (AvgIpc) is 2.05. The molecule has 1 heterocycles. The normalized spacial score (nSPS) is 15.5. The second-order valence-corrected chi connectivity index (χ2v) is 4.43. The molecular formula is C10H13ClINO. The van der Waals surface area contributed by atoms with Gasteiger partial charge in [-0.1, -0.05) is 12.1 Å². The van der Waals surface area contributed by atoms with E-state index in [4.69, 9.17) is 4.74 Å². The second-order valence-electron chi connectivity index (χ2n) is 3.27. The zero-order chi connectivity index (χ0) is 9.10. The van der Waals surface area contributed by atoms with E-state index in [0.29, 0.717) is 5.92 Å². The molecule has 0 atom stereocenters. The Morgan fingerprint density at radius 2 is 2.07 bits per heavy atom. The lowest BCUT2D eigenvalue weighted by Gasteiger charge is -2.26. The van der Waals surface area contributed by atoms with E-state index in [-0.39, 0.29) is 12.4 Å². The van der Waals surface area contributed by atoms with E-state index < -0.39 is 0 Å². The van der Waals surface area contributed by atoms with Crippen LogP contribution in [0.4, 0.5) is 0 Å². The van der Waals surface area contributed by atoms with Crippen molar-refractivity contribution in [2.75, 3.05) is 19.7 Å². The van der Waals surface area contributed by atoms with Crippen molar-refractivity contribution in [1.29, 1.82) is 0 Å². The molecule has 1 fully saturated rings. The highest BCUT2D eigenvalue weighted by Crippen LogP contribution is 2.20. The minimum absolute atomic E-state index is 0. The first-order chi connectivity index (χ1) is 6.36. The van der Waals surface area contributed by atoms with Gasteiger partial charge in [0.25, 0.3) is 0 Å². The maximum Gasteiger partial charge on any atom is 0.132 e. The summed E-state index contributed by atoms with van der Waals surface area (Å²) in [6, 6.07) is 8.12. The van der Waals surface area contributed by atoms with Crippen LogP contribution in [0.25, 0.3) is 0 Å². The lowest BCUT2D eigenvalue weighted by Crippen LogP contribution is -2.45. The summed E-state index contributed by atoms with van der Waals surface area (Å²) in [5.74, 6) is 1.71. The number of nitrogens with one attached hydrogen (secondary N) is 1. The molecule has 1 aromatic carbocycles. The van der Waals surface area contributed by atoms with Crippen LogP contribution in [0.3, 0.4) is 0 Å². The van der Waals surface area contributed by atoms with Gasteiger partial charge in [-0.2, -0.15) is 0 Å². The van der Waals surface area contributed by atoms with Crippen LogP contribution < -0.4 is 10.1 Å². The number of halogens is 2. The van der Waals surface area contributed by atoms with Gasteiger partial charge in [-0.25, -0.2) is 0 Å². The number of para-hydroxylation sites is 1. The molecule has 4 heteroatoms. The minimum atomic E-state index is 0. The average molecular weight is 326 g/mol. The monoisotopic (exact) mass is 325 g/mol. The number of ether oxygens (including phenoxy) is 1. The highest BCUT2D eigenvalue weighted by Gasteiger charge is 2.17. The molecule has 0 saturated carbocycles. The van der Waals surface area contributed by atoms with Crippen LogP contribution in [0.1, 0.15) is 0 Å². The third kappa shape index (κ3) is 3.00. The van der Waals surface area contributed by atoms with Gasteiger partial charge in [0.05, 0.1) is 10.2 Å². The first-order valence-electron chi connectivity index (χ1n) is 4.44. The molecule has 0 aromatic heterocycles. The summed E-state index contributed by atoms with van der Waals surface area (Å²) >= 11 is 2.30. The fourth-order valence-corrected chi connectivity index (χ4v) is 1.78. The van der Waals surface area contributed by atoms with Gasteiger partial charge in [-0.05, 0) is 34.7 Å². The summed E-state index contributed by atoms with van der Waals surface area (Å²) in [6.07, 6.45) is 0. The Morgan fingerprint density at radius 3 is 2.64 bits per heavy atom. The number of hydrogen-bond donors (Lipinski definition) is 1. The highest BCUT2D eigenvalue weighted by atomic mass is 127. The van der Waals surface area contributed by atoms with Crippen LogP contribution in [0, 0.1) is 9.49 Å². The molecule has 0 aliphatic carbocycles. The quantitative estimate of drug-likeness (QED) is 0.861. The van der Waals surface area contributed by atoms with Crippen LogP contribution in [-0.2, 0) is 0 Å². The van der Waals surface area contributed by atoms with Gasteiger partial charge in [0.2, 0.25) is 0 Å². The standard InChI is InChI=1S/C10H12INO.ClH/c11-9-3-1-2-4-10(9)13-7-8-5-12-6-8;/h1-4,8,12H,5-7H2;1H. The van der Waals surface area contributed by atoms with E-state index in [9.17, 15) is 0 Å². The summed E-state index contributed by atoms with van der Waals surface area (Å²) < 4.78 is 6.88. The summed E-state index contributed by atoms with van der Waals surface area (Å²) in [7, 11) is 0. The molecular weight excluding hydrogens is 312 g/mol. The van der Waals surface area contributed by atoms with Crippen LogP contribution in [0.2, 0.25) is 0 Å². The van der Waals surface area contributed by atoms with Gasteiger partial charge in [-0.3, -0.25) is 0 Å². The van der Waals surface area contributed by atoms with Gasteiger partial charge in [0, 0.05) is 19.0 Å². The molecule has 14 heavy (non-hydrogen) atoms. The molecule has 1 N–H and O–H groups in total.